The quantitative estimate of drug-likeness (QED) is 0.457. The number of rotatable bonds is 8. The Kier molecular flexibility index (Phi) is 9.99. The Morgan fingerprint density at radius 1 is 1.07 bits per heavy atom. The largest absolute Gasteiger partial charge is 0.458 e. The lowest BCUT2D eigenvalue weighted by atomic mass is 9.85. The zero-order valence-electron chi connectivity index (χ0n) is 26.2. The second-order valence-corrected chi connectivity index (χ2v) is 12.1. The van der Waals surface area contributed by atoms with Crippen LogP contribution in [-0.2, 0) is 20.9 Å². The minimum absolute atomic E-state index is 0.00589. The van der Waals surface area contributed by atoms with Crippen LogP contribution < -0.4 is 15.4 Å². The molecular formula is C32H39F2N5O6. The Morgan fingerprint density at radius 3 is 2.38 bits per heavy atom. The number of likely N-dealkylation sites (N-methyl/N-ethyl adjacent to an activating group) is 1. The van der Waals surface area contributed by atoms with Crippen molar-refractivity contribution in [1.29, 1.82) is 0 Å². The van der Waals surface area contributed by atoms with Gasteiger partial charge in [0.25, 0.3) is 0 Å². The Labute approximate surface area is 261 Å². The summed E-state index contributed by atoms with van der Waals surface area (Å²) in [5.74, 6) is -2.96. The molecule has 2 aliphatic heterocycles. The standard InChI is InChI=1S/C32H39F2N5O6/c1-19(37(6)31(43)44-18-20-10-8-7-9-11-20)28(40)36-27(32(2,3)4)29(41)38-15-14-24-26(38)25(17-39(24)30(42)35-5)45-21-12-13-22(33)23(34)16-21/h7-13,16-17,19,24,26-27H,14-15,18H2,1-6H3,(H,35,42)(H,36,40). The summed E-state index contributed by atoms with van der Waals surface area (Å²) in [5, 5.41) is 5.38. The van der Waals surface area contributed by atoms with Gasteiger partial charge < -0.3 is 25.0 Å². The van der Waals surface area contributed by atoms with Crippen molar-refractivity contribution in [2.24, 2.45) is 5.41 Å². The minimum Gasteiger partial charge on any atom is -0.458 e. The topological polar surface area (TPSA) is 121 Å². The van der Waals surface area contributed by atoms with Crippen LogP contribution in [0.3, 0.4) is 0 Å². The van der Waals surface area contributed by atoms with Gasteiger partial charge in [-0.1, -0.05) is 51.1 Å². The van der Waals surface area contributed by atoms with Crippen molar-refractivity contribution in [2.45, 2.75) is 64.9 Å². The monoisotopic (exact) mass is 627 g/mol. The molecule has 2 aliphatic rings. The minimum atomic E-state index is -1.11. The lowest BCUT2D eigenvalue weighted by Crippen LogP contribution is -2.59. The number of halogens is 2. The van der Waals surface area contributed by atoms with Gasteiger partial charge in [-0.05, 0) is 36.5 Å². The van der Waals surface area contributed by atoms with Gasteiger partial charge in [0, 0.05) is 32.9 Å². The van der Waals surface area contributed by atoms with Gasteiger partial charge in [0.1, 0.15) is 36.2 Å². The number of likely N-dealkylation sites (tertiary alicyclic amines) is 1. The smallest absolute Gasteiger partial charge is 0.410 e. The summed E-state index contributed by atoms with van der Waals surface area (Å²) >= 11 is 0. The van der Waals surface area contributed by atoms with Crippen molar-refractivity contribution in [1.82, 2.24) is 25.3 Å². The molecular weight excluding hydrogens is 588 g/mol. The Hall–Kier alpha value is -4.68. The van der Waals surface area contributed by atoms with Gasteiger partial charge >= 0.3 is 12.1 Å². The molecule has 0 aromatic heterocycles. The molecule has 0 aliphatic carbocycles. The van der Waals surface area contributed by atoms with Crippen LogP contribution in [0.15, 0.2) is 60.5 Å². The van der Waals surface area contributed by atoms with Crippen LogP contribution in [0.1, 0.15) is 39.7 Å². The van der Waals surface area contributed by atoms with E-state index >= 15 is 0 Å². The summed E-state index contributed by atoms with van der Waals surface area (Å²) in [6.07, 6.45) is 1.15. The number of carbonyl (C=O) groups is 4. The number of carbonyl (C=O) groups excluding carboxylic acids is 4. The van der Waals surface area contributed by atoms with Gasteiger partial charge in [-0.15, -0.1) is 0 Å². The summed E-state index contributed by atoms with van der Waals surface area (Å²) < 4.78 is 38.8. The molecule has 45 heavy (non-hydrogen) atoms. The summed E-state index contributed by atoms with van der Waals surface area (Å²) in [5.41, 5.74) is 0.0310. The molecule has 5 amide bonds. The first-order valence-electron chi connectivity index (χ1n) is 14.6. The maximum Gasteiger partial charge on any atom is 0.410 e. The van der Waals surface area contributed by atoms with Gasteiger partial charge in [0.05, 0.1) is 6.04 Å². The van der Waals surface area contributed by atoms with Gasteiger partial charge in [0.2, 0.25) is 11.8 Å². The Bertz CT molecular complexity index is 1460. The SMILES string of the molecule is CNC(=O)N1C=C(Oc2ccc(F)c(F)c2)C2C1CCN2C(=O)C(NC(=O)C(C)N(C)C(=O)OCc1ccccc1)C(C)(C)C. The van der Waals surface area contributed by atoms with Crippen molar-refractivity contribution in [3.63, 3.8) is 0 Å². The van der Waals surface area contributed by atoms with E-state index in [1.165, 1.54) is 43.1 Å². The second kappa shape index (κ2) is 13.5. The number of ether oxygens (including phenoxy) is 2. The van der Waals surface area contributed by atoms with E-state index in [4.69, 9.17) is 9.47 Å². The van der Waals surface area contributed by atoms with Crippen molar-refractivity contribution in [3.8, 4) is 5.75 Å². The molecule has 4 rings (SSSR count). The van der Waals surface area contributed by atoms with E-state index in [1.54, 1.807) is 20.8 Å². The predicted molar refractivity (Wildman–Crippen MR) is 161 cm³/mol. The van der Waals surface area contributed by atoms with E-state index in [0.29, 0.717) is 6.42 Å². The van der Waals surface area contributed by atoms with E-state index in [1.807, 2.05) is 30.3 Å². The first-order valence-corrected chi connectivity index (χ1v) is 14.6. The van der Waals surface area contributed by atoms with Gasteiger partial charge in [-0.3, -0.25) is 19.4 Å². The lowest BCUT2D eigenvalue weighted by molar-refractivity contribution is -0.141. The van der Waals surface area contributed by atoms with E-state index < -0.39 is 65.2 Å². The second-order valence-electron chi connectivity index (χ2n) is 12.1. The molecule has 2 heterocycles. The third-order valence-electron chi connectivity index (χ3n) is 7.99. The molecule has 1 saturated heterocycles. The maximum atomic E-state index is 14.2. The van der Waals surface area contributed by atoms with Crippen molar-refractivity contribution < 1.29 is 37.4 Å². The number of urea groups is 1. The molecule has 242 valence electrons. The molecule has 13 heteroatoms. The first kappa shape index (κ1) is 33.2. The normalized spacial score (nSPS) is 18.8. The molecule has 1 fully saturated rings. The van der Waals surface area contributed by atoms with Crippen LogP contribution in [-0.4, -0.2) is 83.4 Å². The van der Waals surface area contributed by atoms with Crippen LogP contribution in [0, 0.1) is 17.0 Å². The summed E-state index contributed by atoms with van der Waals surface area (Å²) in [7, 11) is 2.91. The van der Waals surface area contributed by atoms with Gasteiger partial charge in [-0.2, -0.15) is 0 Å². The average Bonchev–Trinajstić information content (AvgIpc) is 3.60. The number of fused-ring (bicyclic) bond motifs is 1. The van der Waals surface area contributed by atoms with Crippen LogP contribution in [0.4, 0.5) is 18.4 Å². The number of hydrogen-bond acceptors (Lipinski definition) is 6. The number of hydrogen-bond donors (Lipinski definition) is 2. The zero-order chi connectivity index (χ0) is 33.1. The molecule has 4 unspecified atom stereocenters. The summed E-state index contributed by atoms with van der Waals surface area (Å²) in [6, 6.07) is 8.50. The predicted octanol–water partition coefficient (Wildman–Crippen LogP) is 4.00. The number of nitrogens with zero attached hydrogens (tertiary/aromatic N) is 3. The molecule has 2 aromatic rings. The Balaban J connectivity index is 1.51. The lowest BCUT2D eigenvalue weighted by Gasteiger charge is -2.37. The molecule has 0 saturated carbocycles. The third-order valence-corrected chi connectivity index (χ3v) is 7.99. The fourth-order valence-electron chi connectivity index (χ4n) is 5.30. The summed E-state index contributed by atoms with van der Waals surface area (Å²) in [6.45, 7) is 7.20. The Morgan fingerprint density at radius 2 is 1.76 bits per heavy atom. The van der Waals surface area contributed by atoms with Crippen molar-refractivity contribution in [3.05, 3.63) is 77.7 Å². The molecule has 2 aromatic carbocycles. The number of benzene rings is 2. The number of amides is 5. The van der Waals surface area contributed by atoms with Crippen LogP contribution in [0.25, 0.3) is 0 Å². The molecule has 11 nitrogen and oxygen atoms in total. The molecule has 0 radical (unpaired) electrons. The molecule has 0 spiro atoms. The van der Waals surface area contributed by atoms with Crippen LogP contribution >= 0.6 is 0 Å². The van der Waals surface area contributed by atoms with Gasteiger partial charge in [0.15, 0.2) is 11.6 Å². The first-order chi connectivity index (χ1) is 21.2. The molecule has 0 bridgehead atoms. The van der Waals surface area contributed by atoms with Crippen LogP contribution in [0.2, 0.25) is 0 Å². The summed E-state index contributed by atoms with van der Waals surface area (Å²) in [4.78, 5) is 57.1. The highest BCUT2D eigenvalue weighted by Gasteiger charge is 2.51. The van der Waals surface area contributed by atoms with E-state index in [-0.39, 0.29) is 24.7 Å². The molecule has 4 atom stereocenters. The third kappa shape index (κ3) is 7.35. The van der Waals surface area contributed by atoms with Crippen molar-refractivity contribution >= 4 is 23.9 Å². The fourth-order valence-corrected chi connectivity index (χ4v) is 5.30. The van der Waals surface area contributed by atoms with Crippen LogP contribution in [0.5, 0.6) is 5.75 Å². The van der Waals surface area contributed by atoms with Gasteiger partial charge in [-0.25, -0.2) is 18.4 Å². The van der Waals surface area contributed by atoms with Crippen molar-refractivity contribution in [2.75, 3.05) is 20.6 Å². The molecule has 2 N–H and O–H groups in total. The number of nitrogens with one attached hydrogen (secondary N) is 2. The van der Waals surface area contributed by atoms with E-state index in [2.05, 4.69) is 10.6 Å². The fraction of sp³-hybridized carbons (Fsp3) is 0.438. The zero-order valence-corrected chi connectivity index (χ0v) is 26.2. The average molecular weight is 628 g/mol. The highest BCUT2D eigenvalue weighted by atomic mass is 19.2. The maximum absolute atomic E-state index is 14.2. The van der Waals surface area contributed by atoms with E-state index in [0.717, 1.165) is 22.6 Å². The van der Waals surface area contributed by atoms with E-state index in [9.17, 15) is 28.0 Å². The highest BCUT2D eigenvalue weighted by molar-refractivity contribution is 5.92. The highest BCUT2D eigenvalue weighted by Crippen LogP contribution is 2.37.